The summed E-state index contributed by atoms with van der Waals surface area (Å²) in [5.41, 5.74) is 2.36. The van der Waals surface area contributed by atoms with E-state index in [2.05, 4.69) is 41.6 Å². The van der Waals surface area contributed by atoms with E-state index in [9.17, 15) is 0 Å². The first kappa shape index (κ1) is 13.2. The molecular weight excluding hydrogens is 242 g/mol. The van der Waals surface area contributed by atoms with Gasteiger partial charge in [0.25, 0.3) is 0 Å². The van der Waals surface area contributed by atoms with Crippen molar-refractivity contribution in [1.82, 2.24) is 14.7 Å². The fraction of sp³-hybridized carbons (Fsp3) is 0.357. The van der Waals surface area contributed by atoms with Crippen molar-refractivity contribution < 1.29 is 0 Å². The summed E-state index contributed by atoms with van der Waals surface area (Å²) in [6.45, 7) is 2.06. The van der Waals surface area contributed by atoms with E-state index in [0.717, 1.165) is 18.8 Å². The molecule has 0 atom stereocenters. The molecule has 0 spiro atoms. The number of thioether (sulfide) groups is 1. The Morgan fingerprint density at radius 2 is 2.06 bits per heavy atom. The van der Waals surface area contributed by atoms with E-state index >= 15 is 0 Å². The molecule has 0 N–H and O–H groups in total. The predicted molar refractivity (Wildman–Crippen MR) is 78.3 cm³/mol. The van der Waals surface area contributed by atoms with E-state index in [1.807, 2.05) is 40.8 Å². The van der Waals surface area contributed by atoms with Crippen molar-refractivity contribution in [2.75, 3.05) is 25.6 Å². The zero-order chi connectivity index (χ0) is 12.8. The van der Waals surface area contributed by atoms with Crippen LogP contribution in [0.1, 0.15) is 5.56 Å². The minimum Gasteiger partial charge on any atom is -0.301 e. The third-order valence-electron chi connectivity index (χ3n) is 2.79. The van der Waals surface area contributed by atoms with Crippen LogP contribution in [0.25, 0.3) is 5.69 Å². The van der Waals surface area contributed by atoms with E-state index in [1.54, 1.807) is 0 Å². The van der Waals surface area contributed by atoms with Crippen LogP contribution >= 0.6 is 11.8 Å². The number of aromatic nitrogens is 2. The number of nitrogens with zero attached hydrogens (tertiary/aromatic N) is 3. The van der Waals surface area contributed by atoms with Crippen molar-refractivity contribution in [3.63, 3.8) is 0 Å². The molecule has 1 heterocycles. The fourth-order valence-electron chi connectivity index (χ4n) is 1.80. The van der Waals surface area contributed by atoms with Crippen LogP contribution in [0.2, 0.25) is 0 Å². The molecule has 0 aliphatic carbocycles. The van der Waals surface area contributed by atoms with Crippen molar-refractivity contribution in [3.05, 3.63) is 48.3 Å². The second-order valence-electron chi connectivity index (χ2n) is 4.36. The standard InChI is InChI=1S/C14H19N3S/c1-16(8-9-18-2)11-13-10-15-17(12-13)14-6-4-3-5-7-14/h3-7,10,12H,8-9,11H2,1-2H3. The molecule has 2 rings (SSSR count). The van der Waals surface area contributed by atoms with E-state index in [4.69, 9.17) is 0 Å². The Kier molecular flexibility index (Phi) is 4.84. The van der Waals surface area contributed by atoms with Crippen LogP contribution in [0.3, 0.4) is 0 Å². The van der Waals surface area contributed by atoms with Gasteiger partial charge in [0, 0.05) is 30.6 Å². The monoisotopic (exact) mass is 261 g/mol. The summed E-state index contributed by atoms with van der Waals surface area (Å²) in [7, 11) is 2.15. The number of rotatable bonds is 6. The minimum atomic E-state index is 0.952. The molecular formula is C14H19N3S. The van der Waals surface area contributed by atoms with Gasteiger partial charge < -0.3 is 4.90 Å². The Morgan fingerprint density at radius 3 is 2.78 bits per heavy atom. The average molecular weight is 261 g/mol. The highest BCUT2D eigenvalue weighted by Gasteiger charge is 2.03. The number of hydrogen-bond acceptors (Lipinski definition) is 3. The van der Waals surface area contributed by atoms with E-state index in [0.29, 0.717) is 0 Å². The lowest BCUT2D eigenvalue weighted by Gasteiger charge is -2.14. The quantitative estimate of drug-likeness (QED) is 0.797. The Hall–Kier alpha value is -1.26. The average Bonchev–Trinajstić information content (AvgIpc) is 2.86. The zero-order valence-electron chi connectivity index (χ0n) is 10.9. The SMILES string of the molecule is CSCCN(C)Cc1cnn(-c2ccccc2)c1. The van der Waals surface area contributed by atoms with Crippen LogP contribution in [0.15, 0.2) is 42.7 Å². The maximum absolute atomic E-state index is 4.40. The number of benzene rings is 1. The van der Waals surface area contributed by atoms with Gasteiger partial charge in [-0.1, -0.05) is 18.2 Å². The molecule has 0 unspecified atom stereocenters. The first-order valence-electron chi connectivity index (χ1n) is 6.06. The van der Waals surface area contributed by atoms with E-state index in [-0.39, 0.29) is 0 Å². The molecule has 1 aromatic carbocycles. The van der Waals surface area contributed by atoms with Gasteiger partial charge in [0.05, 0.1) is 11.9 Å². The summed E-state index contributed by atoms with van der Waals surface area (Å²) >= 11 is 1.88. The highest BCUT2D eigenvalue weighted by Crippen LogP contribution is 2.09. The predicted octanol–water partition coefficient (Wildman–Crippen LogP) is 2.67. The van der Waals surface area contributed by atoms with Gasteiger partial charge in [-0.3, -0.25) is 0 Å². The molecule has 0 saturated carbocycles. The molecule has 2 aromatic rings. The molecule has 3 nitrogen and oxygen atoms in total. The molecule has 0 saturated heterocycles. The molecule has 4 heteroatoms. The minimum absolute atomic E-state index is 0.952. The molecule has 1 aromatic heterocycles. The highest BCUT2D eigenvalue weighted by atomic mass is 32.2. The topological polar surface area (TPSA) is 21.1 Å². The van der Waals surface area contributed by atoms with Crippen LogP contribution in [0, 0.1) is 0 Å². The van der Waals surface area contributed by atoms with Crippen molar-refractivity contribution in [1.29, 1.82) is 0 Å². The van der Waals surface area contributed by atoms with E-state index < -0.39 is 0 Å². The lowest BCUT2D eigenvalue weighted by atomic mass is 10.3. The summed E-state index contributed by atoms with van der Waals surface area (Å²) in [6.07, 6.45) is 6.19. The van der Waals surface area contributed by atoms with Gasteiger partial charge in [-0.05, 0) is 25.4 Å². The van der Waals surface area contributed by atoms with Crippen molar-refractivity contribution >= 4 is 11.8 Å². The summed E-state index contributed by atoms with van der Waals surface area (Å²) in [5.74, 6) is 1.17. The number of hydrogen-bond donors (Lipinski definition) is 0. The molecule has 18 heavy (non-hydrogen) atoms. The maximum atomic E-state index is 4.40. The first-order chi connectivity index (χ1) is 8.79. The lowest BCUT2D eigenvalue weighted by molar-refractivity contribution is 0.349. The second kappa shape index (κ2) is 6.61. The molecule has 0 aliphatic heterocycles. The lowest BCUT2D eigenvalue weighted by Crippen LogP contribution is -2.20. The Bertz CT molecular complexity index is 467. The first-order valence-corrected chi connectivity index (χ1v) is 7.45. The molecule has 0 radical (unpaired) electrons. The van der Waals surface area contributed by atoms with Crippen LogP contribution in [0.4, 0.5) is 0 Å². The largest absolute Gasteiger partial charge is 0.301 e. The van der Waals surface area contributed by atoms with Gasteiger partial charge in [0.2, 0.25) is 0 Å². The molecule has 0 fully saturated rings. The molecule has 0 amide bonds. The zero-order valence-corrected chi connectivity index (χ0v) is 11.7. The van der Waals surface area contributed by atoms with Crippen LogP contribution < -0.4 is 0 Å². The van der Waals surface area contributed by atoms with Crippen molar-refractivity contribution in [2.45, 2.75) is 6.54 Å². The van der Waals surface area contributed by atoms with Crippen molar-refractivity contribution in [3.8, 4) is 5.69 Å². The Balaban J connectivity index is 1.98. The summed E-state index contributed by atoms with van der Waals surface area (Å²) in [6, 6.07) is 10.2. The van der Waals surface area contributed by atoms with Crippen LogP contribution in [0.5, 0.6) is 0 Å². The molecule has 0 aliphatic rings. The van der Waals surface area contributed by atoms with Gasteiger partial charge >= 0.3 is 0 Å². The normalized spacial score (nSPS) is 11.1. The highest BCUT2D eigenvalue weighted by molar-refractivity contribution is 7.98. The second-order valence-corrected chi connectivity index (χ2v) is 5.34. The number of para-hydroxylation sites is 1. The smallest absolute Gasteiger partial charge is 0.0645 e. The van der Waals surface area contributed by atoms with Crippen molar-refractivity contribution in [2.24, 2.45) is 0 Å². The van der Waals surface area contributed by atoms with E-state index in [1.165, 1.54) is 11.3 Å². The third-order valence-corrected chi connectivity index (χ3v) is 3.38. The summed E-state index contributed by atoms with van der Waals surface area (Å²) in [5, 5.41) is 4.40. The maximum Gasteiger partial charge on any atom is 0.0645 e. The van der Waals surface area contributed by atoms with Gasteiger partial charge in [-0.25, -0.2) is 4.68 Å². The Morgan fingerprint density at radius 1 is 1.28 bits per heavy atom. The fourth-order valence-corrected chi connectivity index (χ4v) is 2.30. The summed E-state index contributed by atoms with van der Waals surface area (Å²) < 4.78 is 1.93. The Labute approximate surface area is 113 Å². The van der Waals surface area contributed by atoms with Crippen LogP contribution in [-0.2, 0) is 6.54 Å². The van der Waals surface area contributed by atoms with Gasteiger partial charge in [-0.15, -0.1) is 0 Å². The van der Waals surface area contributed by atoms with Gasteiger partial charge in [0.1, 0.15) is 0 Å². The molecule has 0 bridgehead atoms. The third kappa shape index (κ3) is 3.62. The van der Waals surface area contributed by atoms with Gasteiger partial charge in [0.15, 0.2) is 0 Å². The summed E-state index contributed by atoms with van der Waals surface area (Å²) in [4.78, 5) is 2.32. The van der Waals surface area contributed by atoms with Gasteiger partial charge in [-0.2, -0.15) is 16.9 Å². The van der Waals surface area contributed by atoms with Crippen LogP contribution in [-0.4, -0.2) is 40.3 Å². The molecule has 96 valence electrons.